The molecule has 3 unspecified atom stereocenters. The maximum atomic E-state index is 11.5. The summed E-state index contributed by atoms with van der Waals surface area (Å²) in [6.45, 7) is 7.68. The molecule has 3 atom stereocenters. The molecule has 0 radical (unpaired) electrons. The first-order valence-corrected chi connectivity index (χ1v) is 5.53. The van der Waals surface area contributed by atoms with Gasteiger partial charge in [0.2, 0.25) is 0 Å². The van der Waals surface area contributed by atoms with Crippen LogP contribution in [-0.2, 0) is 4.74 Å². The standard InChI is InChI=1S/C11H22N2O2/c1-7-5-8(12)6-9(7)13-10(14)15-11(2,3)4/h7-9H,5-6,12H2,1-4H3,(H,13,14). The second-order valence-corrected chi connectivity index (χ2v) is 5.46. The summed E-state index contributed by atoms with van der Waals surface area (Å²) in [6.07, 6.45) is 1.48. The minimum atomic E-state index is -0.436. The highest BCUT2D eigenvalue weighted by Crippen LogP contribution is 2.24. The van der Waals surface area contributed by atoms with Crippen LogP contribution >= 0.6 is 0 Å². The van der Waals surface area contributed by atoms with Crippen LogP contribution < -0.4 is 11.1 Å². The van der Waals surface area contributed by atoms with Gasteiger partial charge in [-0.05, 0) is 39.5 Å². The summed E-state index contributed by atoms with van der Waals surface area (Å²) < 4.78 is 5.19. The van der Waals surface area contributed by atoms with Crippen molar-refractivity contribution in [3.63, 3.8) is 0 Å². The van der Waals surface area contributed by atoms with E-state index in [1.54, 1.807) is 0 Å². The molecule has 1 fully saturated rings. The van der Waals surface area contributed by atoms with E-state index in [0.29, 0.717) is 5.92 Å². The largest absolute Gasteiger partial charge is 0.444 e. The Bertz CT molecular complexity index is 235. The number of carbonyl (C=O) groups excluding carboxylic acids is 1. The Kier molecular flexibility index (Phi) is 3.60. The van der Waals surface area contributed by atoms with Crippen molar-refractivity contribution in [2.75, 3.05) is 0 Å². The molecule has 4 nitrogen and oxygen atoms in total. The summed E-state index contributed by atoms with van der Waals surface area (Å²) in [5.74, 6) is 0.438. The van der Waals surface area contributed by atoms with E-state index in [-0.39, 0.29) is 18.2 Å². The third-order valence-corrected chi connectivity index (χ3v) is 2.62. The van der Waals surface area contributed by atoms with Crippen LogP contribution in [0.4, 0.5) is 4.79 Å². The highest BCUT2D eigenvalue weighted by Gasteiger charge is 2.31. The number of carbonyl (C=O) groups is 1. The molecule has 3 N–H and O–H groups in total. The van der Waals surface area contributed by atoms with Crippen LogP contribution in [0.2, 0.25) is 0 Å². The molecule has 0 aromatic carbocycles. The zero-order chi connectivity index (χ0) is 11.6. The molecule has 1 aliphatic rings. The van der Waals surface area contributed by atoms with Crippen molar-refractivity contribution in [2.45, 2.75) is 58.2 Å². The quantitative estimate of drug-likeness (QED) is 0.697. The molecule has 0 saturated heterocycles. The van der Waals surface area contributed by atoms with Crippen molar-refractivity contribution >= 4 is 6.09 Å². The molecule has 1 amide bonds. The first-order valence-electron chi connectivity index (χ1n) is 5.53. The van der Waals surface area contributed by atoms with Gasteiger partial charge in [-0.25, -0.2) is 4.79 Å². The molecule has 0 aliphatic heterocycles. The number of hydrogen-bond donors (Lipinski definition) is 2. The van der Waals surface area contributed by atoms with E-state index >= 15 is 0 Å². The number of nitrogens with two attached hydrogens (primary N) is 1. The lowest BCUT2D eigenvalue weighted by atomic mass is 10.1. The second-order valence-electron chi connectivity index (χ2n) is 5.46. The zero-order valence-electron chi connectivity index (χ0n) is 10.0. The molecule has 1 saturated carbocycles. The SMILES string of the molecule is CC1CC(N)CC1NC(=O)OC(C)(C)C. The van der Waals surface area contributed by atoms with E-state index in [2.05, 4.69) is 12.2 Å². The van der Waals surface area contributed by atoms with Crippen molar-refractivity contribution in [2.24, 2.45) is 11.7 Å². The minimum Gasteiger partial charge on any atom is -0.444 e. The molecule has 4 heteroatoms. The lowest BCUT2D eigenvalue weighted by molar-refractivity contribution is 0.0495. The fourth-order valence-electron chi connectivity index (χ4n) is 1.96. The van der Waals surface area contributed by atoms with Gasteiger partial charge < -0.3 is 15.8 Å². The van der Waals surface area contributed by atoms with E-state index in [1.807, 2.05) is 20.8 Å². The average Bonchev–Trinajstić information content (AvgIpc) is 2.25. The molecule has 0 spiro atoms. The number of alkyl carbamates (subject to hydrolysis) is 1. The zero-order valence-corrected chi connectivity index (χ0v) is 10.0. The van der Waals surface area contributed by atoms with Gasteiger partial charge in [-0.2, -0.15) is 0 Å². The molecular weight excluding hydrogens is 192 g/mol. The molecular formula is C11H22N2O2. The molecule has 0 aromatic rings. The highest BCUT2D eigenvalue weighted by molar-refractivity contribution is 5.68. The number of ether oxygens (including phenoxy) is 1. The normalized spacial score (nSPS) is 31.4. The van der Waals surface area contributed by atoms with Crippen LogP contribution in [0.15, 0.2) is 0 Å². The Morgan fingerprint density at radius 3 is 2.40 bits per heavy atom. The Labute approximate surface area is 91.5 Å². The fourth-order valence-corrected chi connectivity index (χ4v) is 1.96. The predicted molar refractivity (Wildman–Crippen MR) is 59.5 cm³/mol. The van der Waals surface area contributed by atoms with E-state index in [0.717, 1.165) is 12.8 Å². The predicted octanol–water partition coefficient (Wildman–Crippen LogP) is 1.64. The van der Waals surface area contributed by atoms with Gasteiger partial charge in [0.05, 0.1) is 0 Å². The highest BCUT2D eigenvalue weighted by atomic mass is 16.6. The van der Waals surface area contributed by atoms with Gasteiger partial charge in [0, 0.05) is 12.1 Å². The fraction of sp³-hybridized carbons (Fsp3) is 0.909. The average molecular weight is 214 g/mol. The summed E-state index contributed by atoms with van der Waals surface area (Å²) in [5, 5.41) is 2.87. The number of nitrogens with one attached hydrogen (secondary N) is 1. The number of rotatable bonds is 1. The van der Waals surface area contributed by atoms with E-state index in [9.17, 15) is 4.79 Å². The van der Waals surface area contributed by atoms with Gasteiger partial charge in [-0.15, -0.1) is 0 Å². The molecule has 0 bridgehead atoms. The first kappa shape index (κ1) is 12.3. The van der Waals surface area contributed by atoms with Crippen molar-refractivity contribution in [3.05, 3.63) is 0 Å². The maximum Gasteiger partial charge on any atom is 0.407 e. The molecule has 1 aliphatic carbocycles. The molecule has 88 valence electrons. The smallest absolute Gasteiger partial charge is 0.407 e. The van der Waals surface area contributed by atoms with E-state index < -0.39 is 5.60 Å². The summed E-state index contributed by atoms with van der Waals surface area (Å²) in [6, 6.07) is 0.370. The summed E-state index contributed by atoms with van der Waals surface area (Å²) in [5.41, 5.74) is 5.39. The first-order chi connectivity index (χ1) is 6.78. The maximum absolute atomic E-state index is 11.5. The van der Waals surface area contributed by atoms with Crippen LogP contribution in [0.25, 0.3) is 0 Å². The third kappa shape index (κ3) is 4.08. The van der Waals surface area contributed by atoms with E-state index in [4.69, 9.17) is 10.5 Å². The summed E-state index contributed by atoms with van der Waals surface area (Å²) in [7, 11) is 0. The topological polar surface area (TPSA) is 64.3 Å². The Balaban J connectivity index is 2.39. The van der Waals surface area contributed by atoms with Gasteiger partial charge >= 0.3 is 6.09 Å². The van der Waals surface area contributed by atoms with E-state index in [1.165, 1.54) is 0 Å². The second kappa shape index (κ2) is 4.39. The van der Waals surface area contributed by atoms with Crippen molar-refractivity contribution in [3.8, 4) is 0 Å². The molecule has 15 heavy (non-hydrogen) atoms. The molecule has 0 heterocycles. The Hall–Kier alpha value is -0.770. The molecule has 0 aromatic heterocycles. The van der Waals surface area contributed by atoms with Crippen LogP contribution in [0.1, 0.15) is 40.5 Å². The van der Waals surface area contributed by atoms with Crippen molar-refractivity contribution in [1.29, 1.82) is 0 Å². The number of hydrogen-bond acceptors (Lipinski definition) is 3. The Morgan fingerprint density at radius 1 is 1.40 bits per heavy atom. The van der Waals surface area contributed by atoms with Crippen LogP contribution in [-0.4, -0.2) is 23.8 Å². The lowest BCUT2D eigenvalue weighted by Crippen LogP contribution is -2.40. The summed E-state index contributed by atoms with van der Waals surface area (Å²) in [4.78, 5) is 11.5. The monoisotopic (exact) mass is 214 g/mol. The lowest BCUT2D eigenvalue weighted by Gasteiger charge is -2.23. The van der Waals surface area contributed by atoms with Crippen molar-refractivity contribution in [1.82, 2.24) is 5.32 Å². The van der Waals surface area contributed by atoms with Gasteiger partial charge in [0.15, 0.2) is 0 Å². The Morgan fingerprint density at radius 2 is 2.00 bits per heavy atom. The summed E-state index contributed by atoms with van der Waals surface area (Å²) >= 11 is 0. The number of amides is 1. The van der Waals surface area contributed by atoms with Gasteiger partial charge in [0.1, 0.15) is 5.60 Å². The molecule has 1 rings (SSSR count). The van der Waals surface area contributed by atoms with Crippen LogP contribution in [0.5, 0.6) is 0 Å². The third-order valence-electron chi connectivity index (χ3n) is 2.62. The van der Waals surface area contributed by atoms with Gasteiger partial charge in [-0.1, -0.05) is 6.92 Å². The van der Waals surface area contributed by atoms with Crippen LogP contribution in [0.3, 0.4) is 0 Å². The van der Waals surface area contributed by atoms with Gasteiger partial charge in [0.25, 0.3) is 0 Å². The van der Waals surface area contributed by atoms with Crippen LogP contribution in [0, 0.1) is 5.92 Å². The minimum absolute atomic E-state index is 0.162. The van der Waals surface area contributed by atoms with Crippen molar-refractivity contribution < 1.29 is 9.53 Å². The van der Waals surface area contributed by atoms with Gasteiger partial charge in [-0.3, -0.25) is 0 Å².